The molecule has 1 fully saturated rings. The van der Waals surface area contributed by atoms with Crippen LogP contribution in [0.2, 0.25) is 0 Å². The van der Waals surface area contributed by atoms with Gasteiger partial charge in [-0.25, -0.2) is 4.99 Å². The van der Waals surface area contributed by atoms with E-state index in [0.29, 0.717) is 6.54 Å². The van der Waals surface area contributed by atoms with E-state index >= 15 is 0 Å². The van der Waals surface area contributed by atoms with Crippen LogP contribution in [0.25, 0.3) is 0 Å². The second kappa shape index (κ2) is 10.5. The van der Waals surface area contributed by atoms with Gasteiger partial charge in [0, 0.05) is 32.6 Å². The van der Waals surface area contributed by atoms with Crippen molar-refractivity contribution in [2.45, 2.75) is 46.2 Å². The van der Waals surface area contributed by atoms with Crippen LogP contribution in [0.15, 0.2) is 34.1 Å². The Kier molecular flexibility index (Phi) is 8.40. The molecular formula is C18H29IN6O. The van der Waals surface area contributed by atoms with Gasteiger partial charge in [0.05, 0.1) is 6.26 Å². The second-order valence-electron chi connectivity index (χ2n) is 6.61. The first kappa shape index (κ1) is 20.7. The van der Waals surface area contributed by atoms with E-state index in [2.05, 4.69) is 38.8 Å². The monoisotopic (exact) mass is 472 g/mol. The highest BCUT2D eigenvalue weighted by Crippen LogP contribution is 2.16. The van der Waals surface area contributed by atoms with Crippen LogP contribution in [0.3, 0.4) is 0 Å². The smallest absolute Gasteiger partial charge is 0.194 e. The molecule has 8 heteroatoms. The zero-order valence-corrected chi connectivity index (χ0v) is 17.9. The van der Waals surface area contributed by atoms with Crippen LogP contribution in [0, 0.1) is 5.92 Å². The molecule has 2 aromatic rings. The molecular weight excluding hydrogens is 443 g/mol. The summed E-state index contributed by atoms with van der Waals surface area (Å²) in [5, 5.41) is 11.6. The van der Waals surface area contributed by atoms with E-state index in [-0.39, 0.29) is 24.0 Å². The number of aromatic nitrogens is 3. The molecule has 7 nitrogen and oxygen atoms in total. The van der Waals surface area contributed by atoms with Gasteiger partial charge in [0.2, 0.25) is 0 Å². The molecule has 0 amide bonds. The van der Waals surface area contributed by atoms with Gasteiger partial charge in [-0.1, -0.05) is 13.8 Å². The fourth-order valence-electron chi connectivity index (χ4n) is 3.07. The molecule has 2 aromatic heterocycles. The summed E-state index contributed by atoms with van der Waals surface area (Å²) in [6.07, 6.45) is 6.81. The van der Waals surface area contributed by atoms with Crippen LogP contribution >= 0.6 is 24.0 Å². The van der Waals surface area contributed by atoms with Gasteiger partial charge in [-0.3, -0.25) is 0 Å². The predicted octanol–water partition coefficient (Wildman–Crippen LogP) is 2.93. The Morgan fingerprint density at radius 2 is 2.19 bits per heavy atom. The number of aliphatic imine (C=N–C) groups is 1. The summed E-state index contributed by atoms with van der Waals surface area (Å²) in [5.41, 5.74) is 0. The van der Waals surface area contributed by atoms with Crippen molar-refractivity contribution in [3.8, 4) is 0 Å². The summed E-state index contributed by atoms with van der Waals surface area (Å²) >= 11 is 0. The molecule has 0 unspecified atom stereocenters. The third-order valence-electron chi connectivity index (χ3n) is 4.70. The van der Waals surface area contributed by atoms with E-state index in [9.17, 15) is 0 Å². The fourth-order valence-corrected chi connectivity index (χ4v) is 3.07. The molecule has 1 N–H and O–H groups in total. The topological polar surface area (TPSA) is 71.5 Å². The number of furan rings is 1. The molecule has 0 aliphatic carbocycles. The number of piperidine rings is 1. The van der Waals surface area contributed by atoms with E-state index in [4.69, 9.17) is 9.41 Å². The van der Waals surface area contributed by atoms with Gasteiger partial charge in [0.1, 0.15) is 24.5 Å². The Morgan fingerprint density at radius 3 is 2.88 bits per heavy atom. The Balaban J connectivity index is 0.00000243. The number of halogens is 1. The van der Waals surface area contributed by atoms with E-state index in [1.165, 1.54) is 12.8 Å². The number of hydrogen-bond acceptors (Lipinski definition) is 4. The van der Waals surface area contributed by atoms with Crippen LogP contribution in [-0.2, 0) is 19.5 Å². The summed E-state index contributed by atoms with van der Waals surface area (Å²) in [6.45, 7) is 8.72. The number of rotatable bonds is 6. The Morgan fingerprint density at radius 1 is 1.38 bits per heavy atom. The Labute approximate surface area is 172 Å². The number of likely N-dealkylation sites (tertiary alicyclic amines) is 1. The van der Waals surface area contributed by atoms with Crippen molar-refractivity contribution in [1.29, 1.82) is 0 Å². The summed E-state index contributed by atoms with van der Waals surface area (Å²) in [7, 11) is 0. The number of aryl methyl sites for hydroxylation is 1. The SMILES string of the molecule is CCc1nncn1CCNC(=NCc1ccco1)N1CCC(C)CC1.I. The largest absolute Gasteiger partial charge is 0.467 e. The van der Waals surface area contributed by atoms with Gasteiger partial charge in [-0.15, -0.1) is 34.2 Å². The number of nitrogens with zero attached hydrogens (tertiary/aromatic N) is 5. The van der Waals surface area contributed by atoms with E-state index < -0.39 is 0 Å². The van der Waals surface area contributed by atoms with Gasteiger partial charge in [-0.2, -0.15) is 0 Å². The molecule has 26 heavy (non-hydrogen) atoms. The number of nitrogens with one attached hydrogen (secondary N) is 1. The van der Waals surface area contributed by atoms with Crippen LogP contribution in [-0.4, -0.2) is 45.3 Å². The zero-order chi connectivity index (χ0) is 17.5. The quantitative estimate of drug-likeness (QED) is 0.398. The van der Waals surface area contributed by atoms with Crippen molar-refractivity contribution in [3.05, 3.63) is 36.3 Å². The van der Waals surface area contributed by atoms with Crippen molar-refractivity contribution >= 4 is 29.9 Å². The van der Waals surface area contributed by atoms with Gasteiger partial charge in [0.25, 0.3) is 0 Å². The molecule has 0 spiro atoms. The third-order valence-corrected chi connectivity index (χ3v) is 4.70. The van der Waals surface area contributed by atoms with Crippen molar-refractivity contribution in [2.24, 2.45) is 10.9 Å². The van der Waals surface area contributed by atoms with Crippen LogP contribution in [0.4, 0.5) is 0 Å². The fraction of sp³-hybridized carbons (Fsp3) is 0.611. The van der Waals surface area contributed by atoms with Crippen molar-refractivity contribution in [2.75, 3.05) is 19.6 Å². The first-order valence-corrected chi connectivity index (χ1v) is 9.18. The lowest BCUT2D eigenvalue weighted by molar-refractivity contribution is 0.272. The minimum Gasteiger partial charge on any atom is -0.467 e. The Bertz CT molecular complexity index is 661. The Hall–Kier alpha value is -1.58. The average molecular weight is 472 g/mol. The molecule has 0 bridgehead atoms. The molecule has 0 atom stereocenters. The summed E-state index contributed by atoms with van der Waals surface area (Å²) in [4.78, 5) is 7.13. The van der Waals surface area contributed by atoms with Gasteiger partial charge < -0.3 is 19.2 Å². The van der Waals surface area contributed by atoms with E-state index in [1.807, 2.05) is 12.1 Å². The van der Waals surface area contributed by atoms with E-state index in [1.54, 1.807) is 12.6 Å². The molecule has 1 aliphatic rings. The first-order valence-electron chi connectivity index (χ1n) is 9.18. The van der Waals surface area contributed by atoms with Gasteiger partial charge >= 0.3 is 0 Å². The highest BCUT2D eigenvalue weighted by molar-refractivity contribution is 14.0. The molecule has 0 radical (unpaired) electrons. The molecule has 1 saturated heterocycles. The third kappa shape index (κ3) is 5.72. The highest BCUT2D eigenvalue weighted by atomic mass is 127. The maximum absolute atomic E-state index is 5.41. The van der Waals surface area contributed by atoms with Crippen molar-refractivity contribution < 1.29 is 4.42 Å². The molecule has 144 valence electrons. The molecule has 3 rings (SSSR count). The number of hydrogen-bond donors (Lipinski definition) is 1. The van der Waals surface area contributed by atoms with Gasteiger partial charge in [-0.05, 0) is 30.9 Å². The molecule has 1 aliphatic heterocycles. The predicted molar refractivity (Wildman–Crippen MR) is 113 cm³/mol. The van der Waals surface area contributed by atoms with Gasteiger partial charge in [0.15, 0.2) is 5.96 Å². The number of guanidine groups is 1. The summed E-state index contributed by atoms with van der Waals surface area (Å²) in [6, 6.07) is 3.86. The maximum Gasteiger partial charge on any atom is 0.194 e. The second-order valence-corrected chi connectivity index (χ2v) is 6.61. The van der Waals surface area contributed by atoms with Crippen LogP contribution in [0.5, 0.6) is 0 Å². The highest BCUT2D eigenvalue weighted by Gasteiger charge is 2.19. The van der Waals surface area contributed by atoms with Crippen LogP contribution < -0.4 is 5.32 Å². The minimum atomic E-state index is 0. The summed E-state index contributed by atoms with van der Waals surface area (Å²) < 4.78 is 7.50. The van der Waals surface area contributed by atoms with Crippen molar-refractivity contribution in [1.82, 2.24) is 25.0 Å². The standard InChI is InChI=1S/C18H28N6O.HI/c1-3-17-22-21-14-24(17)11-8-19-18(20-13-16-5-4-12-25-16)23-9-6-15(2)7-10-23;/h4-5,12,14-15H,3,6-11,13H2,1-2H3,(H,19,20);1H. The lowest BCUT2D eigenvalue weighted by atomic mass is 10.00. The van der Waals surface area contributed by atoms with Crippen molar-refractivity contribution in [3.63, 3.8) is 0 Å². The minimum absolute atomic E-state index is 0. The lowest BCUT2D eigenvalue weighted by Crippen LogP contribution is -2.46. The molecule has 0 aromatic carbocycles. The normalized spacial score (nSPS) is 15.8. The zero-order valence-electron chi connectivity index (χ0n) is 15.6. The lowest BCUT2D eigenvalue weighted by Gasteiger charge is -2.33. The first-order chi connectivity index (χ1) is 12.3. The molecule has 3 heterocycles. The average Bonchev–Trinajstić information content (AvgIpc) is 3.30. The molecule has 0 saturated carbocycles. The van der Waals surface area contributed by atoms with Crippen LogP contribution in [0.1, 0.15) is 38.3 Å². The maximum atomic E-state index is 5.41. The summed E-state index contributed by atoms with van der Waals surface area (Å²) in [5.74, 6) is 3.67. The van der Waals surface area contributed by atoms with E-state index in [0.717, 1.165) is 56.1 Å².